The first-order valence-electron chi connectivity index (χ1n) is 8.69. The molecule has 5 rings (SSSR count). The predicted octanol–water partition coefficient (Wildman–Crippen LogP) is 4.06. The molecule has 4 saturated carbocycles. The SMILES string of the molecule is C=CCSc1ncccc1C(=O)NC12CC3CC(CC(C3)C1)C2. The number of rotatable bonds is 5. The number of thioether (sulfide) groups is 1. The van der Waals surface area contributed by atoms with Crippen LogP contribution in [0.4, 0.5) is 0 Å². The Bertz CT molecular complexity index is 592. The molecule has 0 aromatic carbocycles. The number of pyridine rings is 1. The molecule has 0 radical (unpaired) electrons. The average molecular weight is 328 g/mol. The van der Waals surface area contributed by atoms with Crippen molar-refractivity contribution in [3.63, 3.8) is 0 Å². The molecule has 0 aliphatic heterocycles. The van der Waals surface area contributed by atoms with Crippen molar-refractivity contribution in [3.05, 3.63) is 36.5 Å². The van der Waals surface area contributed by atoms with Gasteiger partial charge in [0.15, 0.2) is 0 Å². The number of hydrogen-bond donors (Lipinski definition) is 1. The minimum absolute atomic E-state index is 0.0576. The van der Waals surface area contributed by atoms with E-state index in [9.17, 15) is 4.79 Å². The highest BCUT2D eigenvalue weighted by atomic mass is 32.2. The maximum absolute atomic E-state index is 12.9. The fourth-order valence-electron chi connectivity index (χ4n) is 5.39. The van der Waals surface area contributed by atoms with Crippen molar-refractivity contribution >= 4 is 17.7 Å². The number of nitrogens with one attached hydrogen (secondary N) is 1. The van der Waals surface area contributed by atoms with Crippen LogP contribution in [0.2, 0.25) is 0 Å². The summed E-state index contributed by atoms with van der Waals surface area (Å²) in [6.45, 7) is 3.75. The number of carbonyl (C=O) groups is 1. The first-order chi connectivity index (χ1) is 11.2. The Labute approximate surface area is 142 Å². The Hall–Kier alpha value is -1.29. The largest absolute Gasteiger partial charge is 0.346 e. The minimum Gasteiger partial charge on any atom is -0.346 e. The number of aromatic nitrogens is 1. The maximum Gasteiger partial charge on any atom is 0.254 e. The second-order valence-corrected chi connectivity index (χ2v) is 8.62. The number of nitrogens with zero attached hydrogens (tertiary/aromatic N) is 1. The lowest BCUT2D eigenvalue weighted by molar-refractivity contribution is -0.0167. The van der Waals surface area contributed by atoms with E-state index in [-0.39, 0.29) is 11.4 Å². The van der Waals surface area contributed by atoms with Crippen molar-refractivity contribution in [2.24, 2.45) is 17.8 Å². The topological polar surface area (TPSA) is 42.0 Å². The first-order valence-corrected chi connectivity index (χ1v) is 9.67. The third-order valence-electron chi connectivity index (χ3n) is 5.77. The van der Waals surface area contributed by atoms with Crippen LogP contribution in [0.15, 0.2) is 36.0 Å². The highest BCUT2D eigenvalue weighted by Gasteiger charge is 2.51. The molecule has 0 spiro atoms. The van der Waals surface area contributed by atoms with Crippen LogP contribution in [0.25, 0.3) is 0 Å². The van der Waals surface area contributed by atoms with Crippen molar-refractivity contribution in [1.82, 2.24) is 10.3 Å². The van der Waals surface area contributed by atoms with Gasteiger partial charge in [-0.3, -0.25) is 4.79 Å². The molecule has 1 aromatic heterocycles. The van der Waals surface area contributed by atoms with Gasteiger partial charge in [0, 0.05) is 17.5 Å². The van der Waals surface area contributed by atoms with E-state index < -0.39 is 0 Å². The summed E-state index contributed by atoms with van der Waals surface area (Å²) in [5.41, 5.74) is 0.775. The summed E-state index contributed by atoms with van der Waals surface area (Å²) >= 11 is 1.58. The lowest BCUT2D eigenvalue weighted by atomic mass is 9.53. The molecule has 4 aliphatic carbocycles. The Morgan fingerprint density at radius 2 is 1.96 bits per heavy atom. The van der Waals surface area contributed by atoms with Gasteiger partial charge >= 0.3 is 0 Å². The van der Waals surface area contributed by atoms with Gasteiger partial charge in [-0.25, -0.2) is 4.98 Å². The van der Waals surface area contributed by atoms with Crippen molar-refractivity contribution in [2.75, 3.05) is 5.75 Å². The van der Waals surface area contributed by atoms with Crippen LogP contribution in [-0.4, -0.2) is 22.2 Å². The summed E-state index contributed by atoms with van der Waals surface area (Å²) < 4.78 is 0. The summed E-state index contributed by atoms with van der Waals surface area (Å²) in [7, 11) is 0. The zero-order valence-electron chi connectivity index (χ0n) is 13.5. The van der Waals surface area contributed by atoms with E-state index in [1.165, 1.54) is 38.5 Å². The number of hydrogen-bond acceptors (Lipinski definition) is 3. The third kappa shape index (κ3) is 2.93. The van der Waals surface area contributed by atoms with Crippen LogP contribution in [0.1, 0.15) is 48.9 Å². The molecule has 122 valence electrons. The smallest absolute Gasteiger partial charge is 0.254 e. The molecule has 1 aromatic rings. The zero-order valence-corrected chi connectivity index (χ0v) is 14.3. The van der Waals surface area contributed by atoms with Gasteiger partial charge in [-0.15, -0.1) is 18.3 Å². The number of carbonyl (C=O) groups excluding carboxylic acids is 1. The fourth-order valence-corrected chi connectivity index (χ4v) is 6.12. The Morgan fingerprint density at radius 1 is 1.30 bits per heavy atom. The molecule has 0 atom stereocenters. The van der Waals surface area contributed by atoms with Gasteiger partial charge in [-0.05, 0) is 68.4 Å². The van der Waals surface area contributed by atoms with E-state index in [2.05, 4.69) is 16.9 Å². The number of amides is 1. The van der Waals surface area contributed by atoms with E-state index in [1.54, 1.807) is 18.0 Å². The highest BCUT2D eigenvalue weighted by molar-refractivity contribution is 7.99. The van der Waals surface area contributed by atoms with Crippen molar-refractivity contribution < 1.29 is 4.79 Å². The van der Waals surface area contributed by atoms with Gasteiger partial charge in [-0.2, -0.15) is 0 Å². The second-order valence-electron chi connectivity index (χ2n) is 7.61. The van der Waals surface area contributed by atoms with Gasteiger partial charge in [-0.1, -0.05) is 6.08 Å². The predicted molar refractivity (Wildman–Crippen MR) is 93.5 cm³/mol. The van der Waals surface area contributed by atoms with Gasteiger partial charge < -0.3 is 5.32 Å². The van der Waals surface area contributed by atoms with Crippen molar-refractivity contribution in [2.45, 2.75) is 49.1 Å². The monoisotopic (exact) mass is 328 g/mol. The van der Waals surface area contributed by atoms with Crippen LogP contribution >= 0.6 is 11.8 Å². The molecular weight excluding hydrogens is 304 g/mol. The van der Waals surface area contributed by atoms with E-state index >= 15 is 0 Å². The van der Waals surface area contributed by atoms with Crippen molar-refractivity contribution in [1.29, 1.82) is 0 Å². The molecule has 3 nitrogen and oxygen atoms in total. The standard InChI is InChI=1S/C19H24N2OS/c1-2-6-23-18-16(4-3-5-20-18)17(22)21-19-10-13-7-14(11-19)9-15(8-13)12-19/h2-5,13-15H,1,6-12H2,(H,21,22). The average Bonchev–Trinajstić information content (AvgIpc) is 2.51. The molecule has 1 N–H and O–H groups in total. The molecule has 1 amide bonds. The van der Waals surface area contributed by atoms with Crippen LogP contribution in [0, 0.1) is 17.8 Å². The lowest BCUT2D eigenvalue weighted by Crippen LogP contribution is -2.59. The minimum atomic E-state index is 0.0576. The van der Waals surface area contributed by atoms with Crippen LogP contribution < -0.4 is 5.32 Å². The third-order valence-corrected chi connectivity index (χ3v) is 6.77. The molecule has 4 heteroatoms. The molecule has 23 heavy (non-hydrogen) atoms. The van der Waals surface area contributed by atoms with E-state index in [1.807, 2.05) is 18.2 Å². The van der Waals surface area contributed by atoms with Gasteiger partial charge in [0.2, 0.25) is 0 Å². The maximum atomic E-state index is 12.9. The molecular formula is C19H24N2OS. The lowest BCUT2D eigenvalue weighted by Gasteiger charge is -2.56. The quantitative estimate of drug-likeness (QED) is 0.655. The fraction of sp³-hybridized carbons (Fsp3) is 0.579. The van der Waals surface area contributed by atoms with Gasteiger partial charge in [0.25, 0.3) is 5.91 Å². The Kier molecular flexibility index (Phi) is 3.96. The molecule has 4 bridgehead atoms. The van der Waals surface area contributed by atoms with Crippen LogP contribution in [0.5, 0.6) is 0 Å². The van der Waals surface area contributed by atoms with Gasteiger partial charge in [0.05, 0.1) is 5.56 Å². The van der Waals surface area contributed by atoms with Gasteiger partial charge in [0.1, 0.15) is 5.03 Å². The zero-order chi connectivity index (χ0) is 15.9. The summed E-state index contributed by atoms with van der Waals surface area (Å²) in [6.07, 6.45) is 11.3. The summed E-state index contributed by atoms with van der Waals surface area (Å²) in [6, 6.07) is 3.75. The molecule has 1 heterocycles. The summed E-state index contributed by atoms with van der Waals surface area (Å²) in [5, 5.41) is 4.25. The molecule has 4 fully saturated rings. The van der Waals surface area contributed by atoms with Crippen LogP contribution in [-0.2, 0) is 0 Å². The first kappa shape index (κ1) is 15.3. The van der Waals surface area contributed by atoms with Crippen LogP contribution in [0.3, 0.4) is 0 Å². The van der Waals surface area contributed by atoms with E-state index in [0.717, 1.165) is 34.1 Å². The highest BCUT2D eigenvalue weighted by Crippen LogP contribution is 2.55. The molecule has 4 aliphatic rings. The summed E-state index contributed by atoms with van der Waals surface area (Å²) in [4.78, 5) is 17.3. The Balaban J connectivity index is 1.53. The summed E-state index contributed by atoms with van der Waals surface area (Å²) in [5.74, 6) is 3.35. The Morgan fingerprint density at radius 3 is 2.57 bits per heavy atom. The van der Waals surface area contributed by atoms with E-state index in [4.69, 9.17) is 0 Å². The molecule has 0 saturated heterocycles. The molecule has 0 unspecified atom stereocenters. The van der Waals surface area contributed by atoms with E-state index in [0.29, 0.717) is 0 Å². The normalized spacial score (nSPS) is 34.3. The van der Waals surface area contributed by atoms with Crippen molar-refractivity contribution in [3.8, 4) is 0 Å². The second kappa shape index (κ2) is 5.97.